The minimum Gasteiger partial charge on any atom is -0.380 e. The number of anilines is 1. The molecule has 2 heterocycles. The number of halogens is 3. The summed E-state index contributed by atoms with van der Waals surface area (Å²) in [5.41, 5.74) is 0.751. The molecule has 0 radical (unpaired) electrons. The SMILES string of the molecule is CC(CCCC(F)(F)F)Nc1cccnc1-n1cccn1. The van der Waals surface area contributed by atoms with E-state index in [1.807, 2.05) is 13.0 Å². The maximum absolute atomic E-state index is 12.1. The fourth-order valence-electron chi connectivity index (χ4n) is 2.03. The minimum absolute atomic E-state index is 0.0779. The maximum Gasteiger partial charge on any atom is 0.389 e. The van der Waals surface area contributed by atoms with Crippen LogP contribution in [0, 0.1) is 0 Å². The average molecular weight is 298 g/mol. The first-order valence-corrected chi connectivity index (χ1v) is 6.74. The van der Waals surface area contributed by atoms with Crippen molar-refractivity contribution in [2.24, 2.45) is 0 Å². The van der Waals surface area contributed by atoms with Crippen LogP contribution in [-0.2, 0) is 0 Å². The molecule has 0 spiro atoms. The molecule has 0 fully saturated rings. The number of nitrogens with zero attached hydrogens (tertiary/aromatic N) is 3. The molecule has 4 nitrogen and oxygen atoms in total. The van der Waals surface area contributed by atoms with Gasteiger partial charge in [0, 0.05) is 31.1 Å². The lowest BCUT2D eigenvalue weighted by Gasteiger charge is -2.17. The van der Waals surface area contributed by atoms with Crippen molar-refractivity contribution >= 4 is 5.69 Å². The van der Waals surface area contributed by atoms with Crippen LogP contribution in [0.25, 0.3) is 5.82 Å². The molecule has 2 aromatic rings. The quantitative estimate of drug-likeness (QED) is 0.882. The van der Waals surface area contributed by atoms with Gasteiger partial charge in [-0.15, -0.1) is 0 Å². The van der Waals surface area contributed by atoms with Crippen molar-refractivity contribution in [1.82, 2.24) is 14.8 Å². The van der Waals surface area contributed by atoms with Crippen LogP contribution >= 0.6 is 0 Å². The number of hydrogen-bond acceptors (Lipinski definition) is 3. The third-order valence-corrected chi connectivity index (χ3v) is 3.01. The van der Waals surface area contributed by atoms with Crippen LogP contribution in [0.1, 0.15) is 26.2 Å². The summed E-state index contributed by atoms with van der Waals surface area (Å²) in [6.07, 6.45) is 0.762. The molecule has 0 saturated carbocycles. The molecule has 0 aliphatic carbocycles. The molecule has 0 saturated heterocycles. The monoisotopic (exact) mass is 298 g/mol. The number of nitrogens with one attached hydrogen (secondary N) is 1. The van der Waals surface area contributed by atoms with E-state index >= 15 is 0 Å². The van der Waals surface area contributed by atoms with Crippen molar-refractivity contribution in [3.8, 4) is 5.82 Å². The predicted octanol–water partition coefficient (Wildman–Crippen LogP) is 3.80. The van der Waals surface area contributed by atoms with Gasteiger partial charge in [0.2, 0.25) is 0 Å². The van der Waals surface area contributed by atoms with Crippen LogP contribution in [-0.4, -0.2) is 27.0 Å². The van der Waals surface area contributed by atoms with E-state index in [-0.39, 0.29) is 12.5 Å². The molecule has 1 atom stereocenters. The Hall–Kier alpha value is -2.05. The first-order valence-electron chi connectivity index (χ1n) is 6.74. The number of pyridine rings is 1. The highest BCUT2D eigenvalue weighted by Gasteiger charge is 2.26. The Morgan fingerprint density at radius 1 is 1.29 bits per heavy atom. The van der Waals surface area contributed by atoms with E-state index in [1.165, 1.54) is 0 Å². The highest BCUT2D eigenvalue weighted by Crippen LogP contribution is 2.24. The zero-order valence-electron chi connectivity index (χ0n) is 11.6. The normalized spacial score (nSPS) is 13.1. The Morgan fingerprint density at radius 2 is 2.10 bits per heavy atom. The number of hydrogen-bond donors (Lipinski definition) is 1. The summed E-state index contributed by atoms with van der Waals surface area (Å²) in [5.74, 6) is 0.630. The van der Waals surface area contributed by atoms with Gasteiger partial charge in [0.25, 0.3) is 0 Å². The first kappa shape index (κ1) is 15.3. The summed E-state index contributed by atoms with van der Waals surface area (Å²) in [7, 11) is 0. The Balaban J connectivity index is 1.97. The summed E-state index contributed by atoms with van der Waals surface area (Å²) in [4.78, 5) is 4.25. The first-order chi connectivity index (χ1) is 9.96. The molecule has 7 heteroatoms. The van der Waals surface area contributed by atoms with Crippen molar-refractivity contribution in [2.45, 2.75) is 38.4 Å². The van der Waals surface area contributed by atoms with Gasteiger partial charge in [-0.3, -0.25) is 0 Å². The Kier molecular flexibility index (Phi) is 4.82. The highest BCUT2D eigenvalue weighted by molar-refractivity contribution is 5.56. The lowest BCUT2D eigenvalue weighted by molar-refractivity contribution is -0.135. The third-order valence-electron chi connectivity index (χ3n) is 3.01. The largest absolute Gasteiger partial charge is 0.389 e. The topological polar surface area (TPSA) is 42.7 Å². The standard InChI is InChI=1S/C14H17F3N4/c1-11(5-2-7-14(15,16)17)20-12-6-3-8-18-13(12)21-10-4-9-19-21/h3-4,6,8-11,20H,2,5,7H2,1H3. The molecular weight excluding hydrogens is 281 g/mol. The van der Waals surface area contributed by atoms with Crippen LogP contribution in [0.2, 0.25) is 0 Å². The second-order valence-electron chi connectivity index (χ2n) is 4.88. The fourth-order valence-corrected chi connectivity index (χ4v) is 2.03. The highest BCUT2D eigenvalue weighted by atomic mass is 19.4. The molecule has 0 aliphatic heterocycles. The summed E-state index contributed by atoms with van der Waals surface area (Å²) < 4.78 is 38.0. The zero-order chi connectivity index (χ0) is 15.3. The summed E-state index contributed by atoms with van der Waals surface area (Å²) >= 11 is 0. The van der Waals surface area contributed by atoms with Gasteiger partial charge < -0.3 is 5.32 Å². The molecule has 1 unspecified atom stereocenters. The van der Waals surface area contributed by atoms with E-state index in [0.717, 1.165) is 5.69 Å². The molecule has 0 bridgehead atoms. The predicted molar refractivity (Wildman–Crippen MR) is 74.3 cm³/mol. The van der Waals surface area contributed by atoms with E-state index in [9.17, 15) is 13.2 Å². The molecule has 2 aromatic heterocycles. The van der Waals surface area contributed by atoms with Gasteiger partial charge >= 0.3 is 6.18 Å². The van der Waals surface area contributed by atoms with Crippen LogP contribution < -0.4 is 5.32 Å². The van der Waals surface area contributed by atoms with Crippen molar-refractivity contribution in [3.05, 3.63) is 36.8 Å². The molecule has 21 heavy (non-hydrogen) atoms. The van der Waals surface area contributed by atoms with Crippen LogP contribution in [0.3, 0.4) is 0 Å². The molecule has 114 valence electrons. The van der Waals surface area contributed by atoms with E-state index in [1.54, 1.807) is 35.4 Å². The molecule has 0 amide bonds. The van der Waals surface area contributed by atoms with Crippen molar-refractivity contribution in [1.29, 1.82) is 0 Å². The smallest absolute Gasteiger partial charge is 0.380 e. The lowest BCUT2D eigenvalue weighted by Crippen LogP contribution is -2.18. The van der Waals surface area contributed by atoms with E-state index < -0.39 is 12.6 Å². The number of aromatic nitrogens is 3. The zero-order valence-corrected chi connectivity index (χ0v) is 11.6. The van der Waals surface area contributed by atoms with Crippen molar-refractivity contribution < 1.29 is 13.2 Å². The van der Waals surface area contributed by atoms with Crippen LogP contribution in [0.15, 0.2) is 36.8 Å². The van der Waals surface area contributed by atoms with Gasteiger partial charge in [-0.25, -0.2) is 9.67 Å². The van der Waals surface area contributed by atoms with Crippen LogP contribution in [0.4, 0.5) is 18.9 Å². The van der Waals surface area contributed by atoms with E-state index in [0.29, 0.717) is 12.2 Å². The number of rotatable bonds is 6. The molecule has 1 N–H and O–H groups in total. The Labute approximate surface area is 121 Å². The van der Waals surface area contributed by atoms with Gasteiger partial charge in [0.1, 0.15) is 0 Å². The van der Waals surface area contributed by atoms with Crippen LogP contribution in [0.5, 0.6) is 0 Å². The average Bonchev–Trinajstić information content (AvgIpc) is 2.91. The van der Waals surface area contributed by atoms with Gasteiger partial charge in [-0.2, -0.15) is 18.3 Å². The molecule has 2 rings (SSSR count). The molecular formula is C14H17F3N4. The maximum atomic E-state index is 12.1. The van der Waals surface area contributed by atoms with Gasteiger partial charge in [0.15, 0.2) is 5.82 Å². The minimum atomic E-state index is -4.09. The summed E-state index contributed by atoms with van der Waals surface area (Å²) in [6, 6.07) is 5.32. The second-order valence-corrected chi connectivity index (χ2v) is 4.88. The molecule has 0 aromatic carbocycles. The van der Waals surface area contributed by atoms with Crippen molar-refractivity contribution in [3.63, 3.8) is 0 Å². The fraction of sp³-hybridized carbons (Fsp3) is 0.429. The van der Waals surface area contributed by atoms with Gasteiger partial charge in [-0.05, 0) is 38.0 Å². The Bertz CT molecular complexity index is 552. The van der Waals surface area contributed by atoms with E-state index in [2.05, 4.69) is 15.4 Å². The summed E-state index contributed by atoms with van der Waals surface area (Å²) in [5, 5.41) is 7.31. The van der Waals surface area contributed by atoms with Gasteiger partial charge in [0.05, 0.1) is 5.69 Å². The summed E-state index contributed by atoms with van der Waals surface area (Å²) in [6.45, 7) is 1.86. The Morgan fingerprint density at radius 3 is 2.76 bits per heavy atom. The second kappa shape index (κ2) is 6.60. The lowest BCUT2D eigenvalue weighted by atomic mass is 10.1. The third kappa shape index (κ3) is 4.77. The van der Waals surface area contributed by atoms with E-state index in [4.69, 9.17) is 0 Å². The molecule has 0 aliphatic rings. The van der Waals surface area contributed by atoms with Gasteiger partial charge in [-0.1, -0.05) is 0 Å². The van der Waals surface area contributed by atoms with Crippen molar-refractivity contribution in [2.75, 3.05) is 5.32 Å². The number of alkyl halides is 3.